The van der Waals surface area contributed by atoms with Gasteiger partial charge in [-0.15, -0.1) is 0 Å². The van der Waals surface area contributed by atoms with Crippen LogP contribution < -0.4 is 5.73 Å². The van der Waals surface area contributed by atoms with Crippen LogP contribution in [-0.4, -0.2) is 40.0 Å². The first-order valence-corrected chi connectivity index (χ1v) is 9.45. The van der Waals surface area contributed by atoms with Crippen molar-refractivity contribution in [2.24, 2.45) is 16.1 Å². The van der Waals surface area contributed by atoms with E-state index in [1.54, 1.807) is 12.4 Å². The summed E-state index contributed by atoms with van der Waals surface area (Å²) in [6.45, 7) is 4.50. The minimum absolute atomic E-state index is 0.0578. The van der Waals surface area contributed by atoms with Crippen LogP contribution in [0.3, 0.4) is 0 Å². The van der Waals surface area contributed by atoms with Crippen LogP contribution in [-0.2, 0) is 16.8 Å². The van der Waals surface area contributed by atoms with E-state index < -0.39 is 24.2 Å². The van der Waals surface area contributed by atoms with E-state index in [1.165, 1.54) is 6.33 Å². The second-order valence-corrected chi connectivity index (χ2v) is 8.61. The monoisotopic (exact) mass is 419 g/mol. The van der Waals surface area contributed by atoms with Crippen LogP contribution in [0.5, 0.6) is 0 Å². The van der Waals surface area contributed by atoms with Gasteiger partial charge in [0.05, 0.1) is 5.54 Å². The van der Waals surface area contributed by atoms with Crippen molar-refractivity contribution in [1.29, 1.82) is 0 Å². The lowest BCUT2D eigenvalue weighted by atomic mass is 9.66. The van der Waals surface area contributed by atoms with E-state index in [9.17, 15) is 18.0 Å². The average molecular weight is 419 g/mol. The molecule has 1 unspecified atom stereocenters. The lowest BCUT2D eigenvalue weighted by Crippen LogP contribution is -2.45. The molecule has 2 aromatic rings. The molecule has 1 heterocycles. The number of fused-ring (bicyclic) bond motifs is 1. The number of aliphatic imine (C=N–C) groups is 1. The first kappa shape index (κ1) is 21.7. The molecule has 0 bridgehead atoms. The van der Waals surface area contributed by atoms with Crippen molar-refractivity contribution >= 4 is 12.4 Å². The highest BCUT2D eigenvalue weighted by atomic mass is 19.4. The summed E-state index contributed by atoms with van der Waals surface area (Å²) in [5, 5.41) is 0. The number of halogens is 3. The molecule has 1 atom stereocenters. The fourth-order valence-corrected chi connectivity index (χ4v) is 4.25. The summed E-state index contributed by atoms with van der Waals surface area (Å²) in [5.41, 5.74) is 8.41. The Balaban J connectivity index is 2.08. The van der Waals surface area contributed by atoms with Gasteiger partial charge in [-0.1, -0.05) is 26.0 Å². The van der Waals surface area contributed by atoms with Crippen molar-refractivity contribution in [2.75, 3.05) is 6.54 Å². The fraction of sp³-hybridized carbons (Fsp3) is 0.429. The van der Waals surface area contributed by atoms with Gasteiger partial charge in [-0.05, 0) is 47.9 Å². The highest BCUT2D eigenvalue weighted by Gasteiger charge is 2.41. The third kappa shape index (κ3) is 4.77. The van der Waals surface area contributed by atoms with Crippen LogP contribution in [0.15, 0.2) is 41.9 Å². The predicted molar refractivity (Wildman–Crippen MR) is 107 cm³/mol. The molecule has 6 nitrogen and oxygen atoms in total. The molecule has 9 heteroatoms. The summed E-state index contributed by atoms with van der Waals surface area (Å²) in [5.74, 6) is -0.457. The number of benzene rings is 1. The summed E-state index contributed by atoms with van der Waals surface area (Å²) in [7, 11) is 0. The molecule has 0 radical (unpaired) electrons. The number of hydrogen-bond acceptors (Lipinski definition) is 4. The molecular formula is C21H24F3N5O. The Morgan fingerprint density at radius 1 is 1.23 bits per heavy atom. The number of nitrogens with zero attached hydrogens (tertiary/aromatic N) is 4. The van der Waals surface area contributed by atoms with E-state index in [0.29, 0.717) is 11.3 Å². The van der Waals surface area contributed by atoms with Gasteiger partial charge in [-0.2, -0.15) is 13.2 Å². The Morgan fingerprint density at radius 3 is 2.50 bits per heavy atom. The van der Waals surface area contributed by atoms with Crippen molar-refractivity contribution in [3.05, 3.63) is 48.0 Å². The van der Waals surface area contributed by atoms with Crippen LogP contribution in [0, 0.1) is 5.41 Å². The standard InChI is InChI=1S/C21H24F3N5O/c1-19(2)7-15-5-4-14(16-8-26-12-27-9-16)6-17(15)20(3,10-19)28-18(25)29(13-30)11-21(22,23)24/h4-6,8-9,12-13H,7,10-11H2,1-3H3,(H2,25,28). The average Bonchev–Trinajstić information content (AvgIpc) is 2.64. The van der Waals surface area contributed by atoms with Gasteiger partial charge in [-0.3, -0.25) is 9.69 Å². The molecule has 1 aromatic carbocycles. The van der Waals surface area contributed by atoms with Crippen LogP contribution in [0.25, 0.3) is 11.1 Å². The molecule has 0 saturated carbocycles. The van der Waals surface area contributed by atoms with E-state index in [0.717, 1.165) is 28.7 Å². The molecule has 0 saturated heterocycles. The topological polar surface area (TPSA) is 84.5 Å². The van der Waals surface area contributed by atoms with Crippen molar-refractivity contribution in [3.63, 3.8) is 0 Å². The van der Waals surface area contributed by atoms with Gasteiger partial charge in [-0.25, -0.2) is 15.0 Å². The van der Waals surface area contributed by atoms with Crippen molar-refractivity contribution in [3.8, 4) is 11.1 Å². The lowest BCUT2D eigenvalue weighted by Gasteiger charge is -2.42. The number of guanidine groups is 1. The Hall–Kier alpha value is -2.97. The number of alkyl halides is 3. The van der Waals surface area contributed by atoms with E-state index >= 15 is 0 Å². The van der Waals surface area contributed by atoms with Gasteiger partial charge in [0.25, 0.3) is 0 Å². The van der Waals surface area contributed by atoms with Gasteiger partial charge >= 0.3 is 6.18 Å². The van der Waals surface area contributed by atoms with Crippen LogP contribution in [0.2, 0.25) is 0 Å². The van der Waals surface area contributed by atoms with E-state index in [4.69, 9.17) is 5.73 Å². The van der Waals surface area contributed by atoms with E-state index in [1.807, 2.05) is 25.1 Å². The summed E-state index contributed by atoms with van der Waals surface area (Å²) in [6.07, 6.45) is 1.64. The largest absolute Gasteiger partial charge is 0.406 e. The maximum absolute atomic E-state index is 12.8. The number of carbonyl (C=O) groups excluding carboxylic acids is 1. The molecule has 1 aliphatic rings. The zero-order valence-electron chi connectivity index (χ0n) is 17.1. The summed E-state index contributed by atoms with van der Waals surface area (Å²) < 4.78 is 38.4. The minimum atomic E-state index is -4.58. The van der Waals surface area contributed by atoms with Gasteiger partial charge in [0.15, 0.2) is 5.96 Å². The van der Waals surface area contributed by atoms with E-state index in [-0.39, 0.29) is 11.8 Å². The third-order valence-electron chi connectivity index (χ3n) is 5.21. The zero-order chi connectivity index (χ0) is 22.2. The van der Waals surface area contributed by atoms with Crippen LogP contribution >= 0.6 is 0 Å². The first-order chi connectivity index (χ1) is 13.9. The quantitative estimate of drug-likeness (QED) is 0.466. The maximum Gasteiger partial charge on any atom is 0.406 e. The lowest BCUT2D eigenvalue weighted by molar-refractivity contribution is -0.146. The molecule has 0 spiro atoms. The number of carbonyl (C=O) groups is 1. The Labute approximate surface area is 173 Å². The molecule has 2 N–H and O–H groups in total. The minimum Gasteiger partial charge on any atom is -0.369 e. The summed E-state index contributed by atoms with van der Waals surface area (Å²) >= 11 is 0. The van der Waals surface area contributed by atoms with Gasteiger partial charge in [0.2, 0.25) is 6.41 Å². The SMILES string of the molecule is CC1(C)Cc2ccc(-c3cncnc3)cc2C(C)(N=C(N)N(C=O)CC(F)(F)F)C1. The Kier molecular flexibility index (Phi) is 5.58. The number of amides is 1. The van der Waals surface area contributed by atoms with Crippen molar-refractivity contribution in [2.45, 2.75) is 45.3 Å². The predicted octanol–water partition coefficient (Wildman–Crippen LogP) is 3.67. The molecule has 1 aliphatic carbocycles. The highest BCUT2D eigenvalue weighted by molar-refractivity contribution is 5.88. The summed E-state index contributed by atoms with van der Waals surface area (Å²) in [4.78, 5) is 24.2. The summed E-state index contributed by atoms with van der Waals surface area (Å²) in [6, 6.07) is 5.92. The van der Waals surface area contributed by atoms with Gasteiger partial charge < -0.3 is 5.73 Å². The number of nitrogens with two attached hydrogens (primary N) is 1. The van der Waals surface area contributed by atoms with Gasteiger partial charge in [0, 0.05) is 18.0 Å². The smallest absolute Gasteiger partial charge is 0.369 e. The van der Waals surface area contributed by atoms with Crippen molar-refractivity contribution in [1.82, 2.24) is 14.9 Å². The number of aromatic nitrogens is 2. The van der Waals surface area contributed by atoms with E-state index in [2.05, 4.69) is 28.8 Å². The van der Waals surface area contributed by atoms with Gasteiger partial charge in [0.1, 0.15) is 12.9 Å². The molecule has 30 heavy (non-hydrogen) atoms. The molecule has 1 amide bonds. The number of rotatable bonds is 4. The molecular weight excluding hydrogens is 395 g/mol. The Bertz CT molecular complexity index is 959. The molecule has 1 aromatic heterocycles. The number of hydrogen-bond donors (Lipinski definition) is 1. The second kappa shape index (κ2) is 7.70. The third-order valence-corrected chi connectivity index (χ3v) is 5.21. The molecule has 0 aliphatic heterocycles. The zero-order valence-corrected chi connectivity index (χ0v) is 17.1. The Morgan fingerprint density at radius 2 is 1.90 bits per heavy atom. The molecule has 0 fully saturated rings. The molecule has 3 rings (SSSR count). The first-order valence-electron chi connectivity index (χ1n) is 9.45. The normalized spacial score (nSPS) is 21.1. The van der Waals surface area contributed by atoms with Crippen LogP contribution in [0.4, 0.5) is 13.2 Å². The molecule has 160 valence electrons. The van der Waals surface area contributed by atoms with Crippen LogP contribution in [0.1, 0.15) is 38.3 Å². The highest BCUT2D eigenvalue weighted by Crippen LogP contribution is 2.47. The second-order valence-electron chi connectivity index (χ2n) is 8.61. The van der Waals surface area contributed by atoms with Crippen molar-refractivity contribution < 1.29 is 18.0 Å². The maximum atomic E-state index is 12.8. The fourth-order valence-electron chi connectivity index (χ4n) is 4.25.